The number of rotatable bonds is 3. The first kappa shape index (κ1) is 26.6. The highest BCUT2D eigenvalue weighted by Gasteiger charge is 2.03. The monoisotopic (exact) mass is 350 g/mol. The van der Waals surface area contributed by atoms with Gasteiger partial charge >= 0.3 is 0 Å². The van der Waals surface area contributed by atoms with E-state index in [1.165, 1.54) is 16.7 Å². The minimum absolute atomic E-state index is 0.179. The predicted octanol–water partition coefficient (Wildman–Crippen LogP) is 4.43. The topological polar surface area (TPSA) is 42.3 Å². The zero-order chi connectivity index (χ0) is 19.4. The molecule has 0 bridgehead atoms. The molecular formula is C19H30N2O2S. The molecule has 0 N–H and O–H groups in total. The van der Waals surface area contributed by atoms with Crippen molar-refractivity contribution in [2.75, 3.05) is 7.05 Å². The Morgan fingerprint density at radius 3 is 2.17 bits per heavy atom. The molecule has 24 heavy (non-hydrogen) atoms. The number of allylic oxidation sites excluding steroid dienone is 4. The molecule has 0 radical (unpaired) electrons. The lowest BCUT2D eigenvalue weighted by Gasteiger charge is -2.16. The molecule has 1 heterocycles. The molecule has 0 aliphatic carbocycles. The first-order valence-corrected chi connectivity index (χ1v) is 8.29. The van der Waals surface area contributed by atoms with Gasteiger partial charge in [-0.25, -0.2) is 0 Å². The maximum Gasteiger partial charge on any atom is 0.256 e. The number of carbonyl (C=O) groups is 1. The summed E-state index contributed by atoms with van der Waals surface area (Å²) in [4.78, 5) is 23.2. The van der Waals surface area contributed by atoms with Gasteiger partial charge in [-0.2, -0.15) is 0 Å². The van der Waals surface area contributed by atoms with Crippen LogP contribution >= 0.6 is 12.2 Å². The molecule has 0 amide bonds. The van der Waals surface area contributed by atoms with Crippen molar-refractivity contribution in [2.45, 2.75) is 34.6 Å². The smallest absolute Gasteiger partial charge is 0.256 e. The SMILES string of the molecule is C=CC.CC.CC.CN(/C=C\C=C/C=O)C(=S)n1ccccc1=O. The number of nitrogens with zero attached hydrogens (tertiary/aromatic N) is 2. The summed E-state index contributed by atoms with van der Waals surface area (Å²) in [5.74, 6) is 0. The van der Waals surface area contributed by atoms with E-state index in [-0.39, 0.29) is 5.56 Å². The molecule has 5 heteroatoms. The second-order valence-electron chi connectivity index (χ2n) is 3.57. The molecule has 0 aliphatic heterocycles. The number of hydrogen-bond donors (Lipinski definition) is 0. The average Bonchev–Trinajstić information content (AvgIpc) is 2.62. The fraction of sp³-hybridized carbons (Fsp3) is 0.316. The quantitative estimate of drug-likeness (QED) is 0.266. The number of hydrogen-bond acceptors (Lipinski definition) is 3. The van der Waals surface area contributed by atoms with Gasteiger partial charge in [-0.3, -0.25) is 14.2 Å². The van der Waals surface area contributed by atoms with Crippen LogP contribution < -0.4 is 5.56 Å². The summed E-state index contributed by atoms with van der Waals surface area (Å²) in [5, 5.41) is 0.367. The fourth-order valence-electron chi connectivity index (χ4n) is 1.11. The van der Waals surface area contributed by atoms with Crippen molar-refractivity contribution in [1.29, 1.82) is 0 Å². The van der Waals surface area contributed by atoms with Crippen LogP contribution in [0, 0.1) is 0 Å². The standard InChI is InChI=1S/C12H12N2O2S.C3H6.2C2H6/c1-13(8-4-2-6-10-15)12(17)14-9-5-3-7-11(14)16;1-3-2;2*1-2/h2-10H,1H3;3H,1H2,2H3;2*1-2H3/b6-2-,8-4-;;;. The van der Waals surface area contributed by atoms with Crippen LogP contribution in [0.3, 0.4) is 0 Å². The molecule has 0 aromatic carbocycles. The third kappa shape index (κ3) is 13.4. The van der Waals surface area contributed by atoms with Crippen molar-refractivity contribution in [1.82, 2.24) is 9.47 Å². The van der Waals surface area contributed by atoms with Crippen LogP contribution in [0.2, 0.25) is 0 Å². The number of carbonyl (C=O) groups excluding carboxylic acids is 1. The van der Waals surface area contributed by atoms with Crippen LogP contribution in [0.5, 0.6) is 0 Å². The normalized spacial score (nSPS) is 8.75. The first-order chi connectivity index (χ1) is 11.6. The number of aldehydes is 1. The van der Waals surface area contributed by atoms with Gasteiger partial charge in [0.1, 0.15) is 6.29 Å². The number of pyridine rings is 1. The summed E-state index contributed by atoms with van der Waals surface area (Å²) < 4.78 is 1.36. The summed E-state index contributed by atoms with van der Waals surface area (Å²) in [7, 11) is 1.73. The lowest BCUT2D eigenvalue weighted by atomic mass is 10.5. The van der Waals surface area contributed by atoms with Crippen molar-refractivity contribution >= 4 is 23.6 Å². The van der Waals surface area contributed by atoms with Crippen molar-refractivity contribution in [3.8, 4) is 0 Å². The Balaban J connectivity index is -0.000000549. The molecule has 0 saturated heterocycles. The highest BCUT2D eigenvalue weighted by Crippen LogP contribution is 1.93. The summed E-state index contributed by atoms with van der Waals surface area (Å²) >= 11 is 5.15. The summed E-state index contributed by atoms with van der Waals surface area (Å²) in [6, 6.07) is 4.83. The maximum absolute atomic E-state index is 11.5. The zero-order valence-corrected chi connectivity index (χ0v) is 16.4. The Morgan fingerprint density at radius 2 is 1.71 bits per heavy atom. The molecule has 0 unspecified atom stereocenters. The fourth-order valence-corrected chi connectivity index (χ4v) is 1.32. The lowest BCUT2D eigenvalue weighted by molar-refractivity contribution is -0.104. The molecule has 1 aromatic heterocycles. The second-order valence-corrected chi connectivity index (χ2v) is 3.94. The maximum atomic E-state index is 11.5. The average molecular weight is 351 g/mol. The van der Waals surface area contributed by atoms with Crippen molar-refractivity contribution in [3.05, 3.63) is 71.8 Å². The molecule has 134 valence electrons. The van der Waals surface area contributed by atoms with E-state index >= 15 is 0 Å². The van der Waals surface area contributed by atoms with E-state index in [2.05, 4.69) is 6.58 Å². The summed E-state index contributed by atoms with van der Waals surface area (Å²) in [5.41, 5.74) is -0.179. The van der Waals surface area contributed by atoms with Crippen LogP contribution in [-0.4, -0.2) is 27.9 Å². The molecule has 0 spiro atoms. The molecular weight excluding hydrogens is 320 g/mol. The minimum Gasteiger partial charge on any atom is -0.328 e. The first-order valence-electron chi connectivity index (χ1n) is 7.89. The predicted molar refractivity (Wildman–Crippen MR) is 109 cm³/mol. The van der Waals surface area contributed by atoms with Gasteiger partial charge in [-0.15, -0.1) is 6.58 Å². The highest BCUT2D eigenvalue weighted by molar-refractivity contribution is 7.80. The summed E-state index contributed by atoms with van der Waals surface area (Å²) in [6.45, 7) is 13.2. The van der Waals surface area contributed by atoms with E-state index in [1.807, 2.05) is 34.6 Å². The van der Waals surface area contributed by atoms with Crippen LogP contribution in [0.4, 0.5) is 0 Å². The lowest BCUT2D eigenvalue weighted by Crippen LogP contribution is -2.33. The number of thiocarbonyl (C=S) groups is 1. The highest BCUT2D eigenvalue weighted by atomic mass is 32.1. The van der Waals surface area contributed by atoms with E-state index in [0.717, 1.165) is 0 Å². The van der Waals surface area contributed by atoms with Crippen molar-refractivity contribution < 1.29 is 4.79 Å². The molecule has 0 saturated carbocycles. The molecule has 1 rings (SSSR count). The Labute approximate surface area is 151 Å². The second kappa shape index (κ2) is 20.7. The zero-order valence-electron chi connectivity index (χ0n) is 15.6. The molecule has 0 atom stereocenters. The van der Waals surface area contributed by atoms with Crippen molar-refractivity contribution in [2.24, 2.45) is 0 Å². The van der Waals surface area contributed by atoms with Gasteiger partial charge in [-0.05, 0) is 37.4 Å². The van der Waals surface area contributed by atoms with Gasteiger partial charge < -0.3 is 4.90 Å². The van der Waals surface area contributed by atoms with Crippen LogP contribution in [-0.2, 0) is 4.79 Å². The van der Waals surface area contributed by atoms with E-state index < -0.39 is 0 Å². The van der Waals surface area contributed by atoms with Gasteiger partial charge in [0.2, 0.25) is 0 Å². The molecule has 1 aromatic rings. The van der Waals surface area contributed by atoms with E-state index in [1.54, 1.807) is 54.7 Å². The number of aromatic nitrogens is 1. The van der Waals surface area contributed by atoms with Gasteiger partial charge in [0.15, 0.2) is 5.11 Å². The largest absolute Gasteiger partial charge is 0.328 e. The van der Waals surface area contributed by atoms with E-state index in [4.69, 9.17) is 12.2 Å². The van der Waals surface area contributed by atoms with Gasteiger partial charge in [-0.1, -0.05) is 45.9 Å². The Bertz CT molecular complexity index is 560. The Hall–Kier alpha value is -2.27. The molecule has 4 nitrogen and oxygen atoms in total. The summed E-state index contributed by atoms with van der Waals surface area (Å²) in [6.07, 6.45) is 10.3. The van der Waals surface area contributed by atoms with Crippen LogP contribution in [0.15, 0.2) is 66.3 Å². The van der Waals surface area contributed by atoms with E-state index in [0.29, 0.717) is 11.4 Å². The third-order valence-corrected chi connectivity index (χ3v) is 2.43. The Morgan fingerprint density at radius 1 is 1.17 bits per heavy atom. The molecule has 0 aliphatic rings. The van der Waals surface area contributed by atoms with Gasteiger partial charge in [0.05, 0.1) is 0 Å². The van der Waals surface area contributed by atoms with Gasteiger partial charge in [0.25, 0.3) is 5.56 Å². The minimum atomic E-state index is -0.179. The Kier molecular flexibility index (Phi) is 23.0. The molecule has 0 fully saturated rings. The van der Waals surface area contributed by atoms with Crippen LogP contribution in [0.1, 0.15) is 34.6 Å². The third-order valence-electron chi connectivity index (χ3n) is 1.94. The van der Waals surface area contributed by atoms with E-state index in [9.17, 15) is 9.59 Å². The van der Waals surface area contributed by atoms with Crippen molar-refractivity contribution in [3.63, 3.8) is 0 Å². The van der Waals surface area contributed by atoms with Crippen LogP contribution in [0.25, 0.3) is 0 Å². The van der Waals surface area contributed by atoms with Gasteiger partial charge in [0, 0.05) is 25.5 Å².